The van der Waals surface area contributed by atoms with Crippen molar-refractivity contribution in [3.8, 4) is 0 Å². The quantitative estimate of drug-likeness (QED) is 0.575. The van der Waals surface area contributed by atoms with Crippen LogP contribution in [0.25, 0.3) is 10.9 Å². The van der Waals surface area contributed by atoms with E-state index in [1.807, 2.05) is 0 Å². The van der Waals surface area contributed by atoms with Crippen LogP contribution in [0.2, 0.25) is 0 Å². The summed E-state index contributed by atoms with van der Waals surface area (Å²) in [6, 6.07) is 11.2. The molecule has 3 rings (SSSR count). The Labute approximate surface area is 140 Å². The molecular formula is C18H13F3N2O2. The van der Waals surface area contributed by atoms with Gasteiger partial charge in [-0.05, 0) is 24.3 Å². The first-order valence-electron chi connectivity index (χ1n) is 7.34. The van der Waals surface area contributed by atoms with E-state index >= 15 is 0 Å². The highest BCUT2D eigenvalue weighted by molar-refractivity contribution is 6.48. The maximum Gasteiger partial charge on any atom is 0.416 e. The number of ketones is 1. The molecule has 2 aromatic carbocycles. The Kier molecular flexibility index (Phi) is 4.08. The predicted molar refractivity (Wildman–Crippen MR) is 87.3 cm³/mol. The van der Waals surface area contributed by atoms with Crippen molar-refractivity contribution in [1.29, 1.82) is 0 Å². The van der Waals surface area contributed by atoms with Crippen molar-refractivity contribution < 1.29 is 22.8 Å². The second-order valence-corrected chi connectivity index (χ2v) is 5.53. The highest BCUT2D eigenvalue weighted by Gasteiger charge is 2.30. The normalized spacial score (nSPS) is 11.5. The van der Waals surface area contributed by atoms with Crippen LogP contribution in [0.1, 0.15) is 15.9 Å². The molecule has 4 nitrogen and oxygen atoms in total. The van der Waals surface area contributed by atoms with E-state index in [9.17, 15) is 22.8 Å². The second kappa shape index (κ2) is 6.08. The third-order valence-corrected chi connectivity index (χ3v) is 3.80. The number of aryl methyl sites for hydroxylation is 1. The molecule has 0 aliphatic heterocycles. The molecule has 7 heteroatoms. The summed E-state index contributed by atoms with van der Waals surface area (Å²) in [6.07, 6.45) is -3.00. The Morgan fingerprint density at radius 3 is 2.48 bits per heavy atom. The molecule has 0 aliphatic carbocycles. The Morgan fingerprint density at radius 1 is 1.04 bits per heavy atom. The van der Waals surface area contributed by atoms with Crippen molar-refractivity contribution in [2.24, 2.45) is 7.05 Å². The molecule has 25 heavy (non-hydrogen) atoms. The standard InChI is InChI=1S/C18H13F3N2O2/c1-23-10-14(13-7-2-3-8-15(13)23)16(24)17(25)22-12-6-4-5-11(9-12)18(19,20)21/h2-10H,1H3,(H,22,25). The van der Waals surface area contributed by atoms with Crippen LogP contribution < -0.4 is 5.32 Å². The van der Waals surface area contributed by atoms with Gasteiger partial charge in [0.15, 0.2) is 0 Å². The number of amides is 1. The number of aromatic nitrogens is 1. The summed E-state index contributed by atoms with van der Waals surface area (Å²) in [5, 5.41) is 2.83. The van der Waals surface area contributed by atoms with Crippen molar-refractivity contribution in [1.82, 2.24) is 4.57 Å². The fourth-order valence-electron chi connectivity index (χ4n) is 2.61. The van der Waals surface area contributed by atoms with Crippen molar-refractivity contribution in [2.75, 3.05) is 5.32 Å². The van der Waals surface area contributed by atoms with E-state index in [2.05, 4.69) is 5.32 Å². The molecule has 0 unspecified atom stereocenters. The number of carbonyl (C=O) groups is 2. The number of fused-ring (bicyclic) bond motifs is 1. The van der Waals surface area contributed by atoms with Crippen LogP contribution in [0.3, 0.4) is 0 Å². The maximum absolute atomic E-state index is 12.7. The van der Waals surface area contributed by atoms with Gasteiger partial charge < -0.3 is 9.88 Å². The van der Waals surface area contributed by atoms with E-state index in [1.165, 1.54) is 18.3 Å². The minimum atomic E-state index is -4.53. The Balaban J connectivity index is 1.87. The lowest BCUT2D eigenvalue weighted by atomic mass is 10.1. The summed E-state index contributed by atoms with van der Waals surface area (Å²) in [7, 11) is 1.74. The number of para-hydroxylation sites is 1. The summed E-state index contributed by atoms with van der Waals surface area (Å²) >= 11 is 0. The largest absolute Gasteiger partial charge is 0.416 e. The highest BCUT2D eigenvalue weighted by atomic mass is 19.4. The highest BCUT2D eigenvalue weighted by Crippen LogP contribution is 2.30. The average molecular weight is 346 g/mol. The lowest BCUT2D eigenvalue weighted by Gasteiger charge is -2.09. The Hall–Kier alpha value is -3.09. The zero-order valence-electron chi connectivity index (χ0n) is 13.1. The minimum Gasteiger partial charge on any atom is -0.350 e. The van der Waals surface area contributed by atoms with E-state index in [4.69, 9.17) is 0 Å². The minimum absolute atomic E-state index is 0.0894. The fourth-order valence-corrected chi connectivity index (χ4v) is 2.61. The first-order chi connectivity index (χ1) is 11.8. The molecule has 0 bridgehead atoms. The predicted octanol–water partition coefficient (Wildman–Crippen LogP) is 4.02. The van der Waals surface area contributed by atoms with Gasteiger partial charge in [-0.1, -0.05) is 24.3 Å². The van der Waals surface area contributed by atoms with E-state index in [1.54, 1.807) is 35.9 Å². The van der Waals surface area contributed by atoms with Gasteiger partial charge in [-0.3, -0.25) is 9.59 Å². The number of hydrogen-bond donors (Lipinski definition) is 1. The maximum atomic E-state index is 12.7. The molecule has 0 saturated carbocycles. The average Bonchev–Trinajstić information content (AvgIpc) is 2.91. The van der Waals surface area contributed by atoms with Crippen LogP contribution >= 0.6 is 0 Å². The summed E-state index contributed by atoms with van der Waals surface area (Å²) < 4.78 is 39.9. The third kappa shape index (κ3) is 3.26. The van der Waals surface area contributed by atoms with Gasteiger partial charge in [-0.15, -0.1) is 0 Å². The second-order valence-electron chi connectivity index (χ2n) is 5.53. The zero-order valence-corrected chi connectivity index (χ0v) is 13.1. The van der Waals surface area contributed by atoms with Crippen LogP contribution in [0.5, 0.6) is 0 Å². The number of hydrogen-bond acceptors (Lipinski definition) is 2. The molecule has 0 fully saturated rings. The molecule has 3 aromatic rings. The molecule has 0 spiro atoms. The van der Waals surface area contributed by atoms with Gasteiger partial charge in [0.1, 0.15) is 0 Å². The van der Waals surface area contributed by atoms with E-state index in [-0.39, 0.29) is 11.3 Å². The number of nitrogens with one attached hydrogen (secondary N) is 1. The number of alkyl halides is 3. The number of benzene rings is 2. The molecule has 128 valence electrons. The number of carbonyl (C=O) groups excluding carboxylic acids is 2. The number of Topliss-reactive ketones (excluding diaryl/α,β-unsaturated/α-hetero) is 1. The smallest absolute Gasteiger partial charge is 0.350 e. The van der Waals surface area contributed by atoms with Crippen molar-refractivity contribution in [3.05, 3.63) is 65.9 Å². The van der Waals surface area contributed by atoms with Gasteiger partial charge in [0, 0.05) is 29.8 Å². The van der Waals surface area contributed by atoms with Crippen molar-refractivity contribution in [3.63, 3.8) is 0 Å². The topological polar surface area (TPSA) is 51.1 Å². The molecule has 1 N–H and O–H groups in total. The first kappa shape index (κ1) is 16.8. The lowest BCUT2D eigenvalue weighted by Crippen LogP contribution is -2.23. The van der Waals surface area contributed by atoms with E-state index in [0.717, 1.165) is 17.6 Å². The van der Waals surface area contributed by atoms with Gasteiger partial charge in [-0.25, -0.2) is 0 Å². The SMILES string of the molecule is Cn1cc(C(=O)C(=O)Nc2cccc(C(F)(F)F)c2)c2ccccc21. The first-order valence-corrected chi connectivity index (χ1v) is 7.34. The lowest BCUT2D eigenvalue weighted by molar-refractivity contribution is -0.137. The fraction of sp³-hybridized carbons (Fsp3) is 0.111. The van der Waals surface area contributed by atoms with Gasteiger partial charge in [0.2, 0.25) is 0 Å². The van der Waals surface area contributed by atoms with Crippen LogP contribution in [0.4, 0.5) is 18.9 Å². The Bertz CT molecular complexity index is 974. The number of halogens is 3. The molecule has 0 saturated heterocycles. The van der Waals surface area contributed by atoms with Crippen molar-refractivity contribution in [2.45, 2.75) is 6.18 Å². The number of anilines is 1. The van der Waals surface area contributed by atoms with E-state index < -0.39 is 23.4 Å². The van der Waals surface area contributed by atoms with Crippen molar-refractivity contribution >= 4 is 28.3 Å². The van der Waals surface area contributed by atoms with Crippen LogP contribution in [-0.2, 0) is 18.0 Å². The summed E-state index contributed by atoms with van der Waals surface area (Å²) in [5.74, 6) is -1.80. The van der Waals surface area contributed by atoms with Gasteiger partial charge in [-0.2, -0.15) is 13.2 Å². The summed E-state index contributed by atoms with van der Waals surface area (Å²) in [5.41, 5.74) is -0.0170. The zero-order chi connectivity index (χ0) is 18.2. The Morgan fingerprint density at radius 2 is 1.76 bits per heavy atom. The van der Waals surface area contributed by atoms with Crippen LogP contribution in [0, 0.1) is 0 Å². The van der Waals surface area contributed by atoms with E-state index in [0.29, 0.717) is 5.39 Å². The molecule has 0 aliphatic rings. The van der Waals surface area contributed by atoms with Crippen LogP contribution in [0.15, 0.2) is 54.7 Å². The molecule has 1 heterocycles. The molecule has 1 amide bonds. The number of rotatable bonds is 3. The number of nitrogens with zero attached hydrogens (tertiary/aromatic N) is 1. The molecular weight excluding hydrogens is 333 g/mol. The summed E-state index contributed by atoms with van der Waals surface area (Å²) in [6.45, 7) is 0. The molecule has 0 radical (unpaired) electrons. The monoisotopic (exact) mass is 346 g/mol. The van der Waals surface area contributed by atoms with Crippen LogP contribution in [-0.4, -0.2) is 16.3 Å². The third-order valence-electron chi connectivity index (χ3n) is 3.80. The molecule has 1 aromatic heterocycles. The van der Waals surface area contributed by atoms with Gasteiger partial charge in [0.05, 0.1) is 11.1 Å². The molecule has 0 atom stereocenters. The van der Waals surface area contributed by atoms with Gasteiger partial charge >= 0.3 is 6.18 Å². The van der Waals surface area contributed by atoms with Gasteiger partial charge in [0.25, 0.3) is 11.7 Å². The summed E-state index contributed by atoms with van der Waals surface area (Å²) in [4.78, 5) is 24.6.